The molecule has 110 valence electrons. The first-order valence-corrected chi connectivity index (χ1v) is 6.91. The number of unbranched alkanes of at least 4 members (excludes halogenated alkanes) is 1. The molecule has 1 aliphatic heterocycles. The van der Waals surface area contributed by atoms with Crippen LogP contribution in [0.2, 0.25) is 0 Å². The number of hydrogen-bond donors (Lipinski definition) is 2. The van der Waals surface area contributed by atoms with E-state index in [1.54, 1.807) is 0 Å². The van der Waals surface area contributed by atoms with Gasteiger partial charge in [0, 0.05) is 19.0 Å². The third kappa shape index (κ3) is 7.00. The molecule has 1 heterocycles. The van der Waals surface area contributed by atoms with Crippen molar-refractivity contribution in [3.05, 3.63) is 0 Å². The number of piperidine rings is 1. The monoisotopic (exact) mass is 271 g/mol. The number of methoxy groups -OCH3 is 1. The number of amides is 2. The normalized spacial score (nSPS) is 16.9. The van der Waals surface area contributed by atoms with Crippen molar-refractivity contribution in [1.29, 1.82) is 0 Å². The van der Waals surface area contributed by atoms with Crippen molar-refractivity contribution in [1.82, 2.24) is 15.5 Å². The van der Waals surface area contributed by atoms with Crippen LogP contribution in [0.25, 0.3) is 0 Å². The van der Waals surface area contributed by atoms with Crippen molar-refractivity contribution in [3.8, 4) is 0 Å². The Morgan fingerprint density at radius 3 is 2.58 bits per heavy atom. The Labute approximate surface area is 114 Å². The maximum absolute atomic E-state index is 11.6. The lowest BCUT2D eigenvalue weighted by Gasteiger charge is -2.29. The summed E-state index contributed by atoms with van der Waals surface area (Å²) in [6.07, 6.45) is 3.95. The van der Waals surface area contributed by atoms with E-state index in [1.165, 1.54) is 7.11 Å². The summed E-state index contributed by atoms with van der Waals surface area (Å²) in [7, 11) is 3.48. The number of carbonyl (C=O) groups is 2. The first-order valence-electron chi connectivity index (χ1n) is 6.91. The Morgan fingerprint density at radius 1 is 1.26 bits per heavy atom. The predicted octanol–water partition coefficient (Wildman–Crippen LogP) is 0.723. The molecule has 0 aromatic carbocycles. The van der Waals surface area contributed by atoms with Crippen LogP contribution in [0.5, 0.6) is 0 Å². The first-order chi connectivity index (χ1) is 9.11. The van der Waals surface area contributed by atoms with Crippen molar-refractivity contribution < 1.29 is 14.3 Å². The topological polar surface area (TPSA) is 70.7 Å². The molecule has 0 aromatic heterocycles. The Balaban J connectivity index is 2.00. The molecule has 1 aliphatic rings. The number of likely N-dealkylation sites (tertiary alicyclic amines) is 1. The molecule has 1 rings (SSSR count). The Morgan fingerprint density at radius 2 is 1.95 bits per heavy atom. The molecule has 0 saturated carbocycles. The molecule has 0 spiro atoms. The number of urea groups is 1. The molecule has 0 bridgehead atoms. The average Bonchev–Trinajstić information content (AvgIpc) is 2.40. The summed E-state index contributed by atoms with van der Waals surface area (Å²) in [6, 6.07) is 0.180. The minimum atomic E-state index is -0.198. The number of nitrogens with one attached hydrogen (secondary N) is 2. The van der Waals surface area contributed by atoms with E-state index in [-0.39, 0.29) is 18.0 Å². The molecule has 1 saturated heterocycles. The van der Waals surface area contributed by atoms with Crippen molar-refractivity contribution in [2.75, 3.05) is 33.8 Å². The van der Waals surface area contributed by atoms with Gasteiger partial charge >= 0.3 is 12.0 Å². The summed E-state index contributed by atoms with van der Waals surface area (Å²) in [5, 5.41) is 5.80. The van der Waals surface area contributed by atoms with Gasteiger partial charge in [-0.3, -0.25) is 4.79 Å². The smallest absolute Gasteiger partial charge is 0.315 e. The van der Waals surface area contributed by atoms with Crippen molar-refractivity contribution in [2.24, 2.45) is 0 Å². The van der Waals surface area contributed by atoms with Gasteiger partial charge in [-0.1, -0.05) is 0 Å². The van der Waals surface area contributed by atoms with Crippen molar-refractivity contribution in [3.63, 3.8) is 0 Å². The molecule has 19 heavy (non-hydrogen) atoms. The van der Waals surface area contributed by atoms with E-state index in [4.69, 9.17) is 0 Å². The van der Waals surface area contributed by atoms with Crippen molar-refractivity contribution >= 4 is 12.0 Å². The fourth-order valence-electron chi connectivity index (χ4n) is 2.09. The Kier molecular flexibility index (Phi) is 7.25. The van der Waals surface area contributed by atoms with Gasteiger partial charge in [-0.25, -0.2) is 4.79 Å². The number of esters is 1. The summed E-state index contributed by atoms with van der Waals surface area (Å²) in [5.74, 6) is -0.198. The zero-order valence-electron chi connectivity index (χ0n) is 11.9. The molecule has 1 fully saturated rings. The van der Waals surface area contributed by atoms with E-state index < -0.39 is 0 Å². The zero-order chi connectivity index (χ0) is 14.1. The van der Waals surface area contributed by atoms with Crippen LogP contribution < -0.4 is 10.6 Å². The highest BCUT2D eigenvalue weighted by molar-refractivity contribution is 5.74. The second-order valence-electron chi connectivity index (χ2n) is 5.01. The van der Waals surface area contributed by atoms with Gasteiger partial charge in [0.25, 0.3) is 0 Å². The summed E-state index contributed by atoms with van der Waals surface area (Å²) in [6.45, 7) is 2.66. The third-order valence-corrected chi connectivity index (χ3v) is 3.37. The largest absolute Gasteiger partial charge is 0.469 e. The molecular formula is C13H25N3O3. The minimum Gasteiger partial charge on any atom is -0.469 e. The van der Waals surface area contributed by atoms with Gasteiger partial charge in [-0.2, -0.15) is 0 Å². The highest BCUT2D eigenvalue weighted by atomic mass is 16.5. The van der Waals surface area contributed by atoms with Crippen LogP contribution in [-0.4, -0.2) is 56.7 Å². The number of rotatable bonds is 6. The number of nitrogens with zero attached hydrogens (tertiary/aromatic N) is 1. The lowest BCUT2D eigenvalue weighted by molar-refractivity contribution is -0.140. The highest BCUT2D eigenvalue weighted by Crippen LogP contribution is 2.07. The van der Waals surface area contributed by atoms with Gasteiger partial charge in [-0.15, -0.1) is 0 Å². The van der Waals surface area contributed by atoms with Crippen molar-refractivity contribution in [2.45, 2.75) is 38.1 Å². The maximum atomic E-state index is 11.6. The molecule has 0 atom stereocenters. The summed E-state index contributed by atoms with van der Waals surface area (Å²) >= 11 is 0. The molecule has 0 unspecified atom stereocenters. The first kappa shape index (κ1) is 15.8. The fraction of sp³-hybridized carbons (Fsp3) is 0.846. The predicted molar refractivity (Wildman–Crippen MR) is 72.9 cm³/mol. The van der Waals surface area contributed by atoms with Crippen LogP contribution in [0.3, 0.4) is 0 Å². The third-order valence-electron chi connectivity index (χ3n) is 3.37. The van der Waals surface area contributed by atoms with Gasteiger partial charge in [0.05, 0.1) is 7.11 Å². The lowest BCUT2D eigenvalue weighted by atomic mass is 10.1. The number of hydrogen-bond acceptors (Lipinski definition) is 4. The van der Waals surface area contributed by atoms with Crippen LogP contribution in [0, 0.1) is 0 Å². The van der Waals surface area contributed by atoms with Crippen LogP contribution in [-0.2, 0) is 9.53 Å². The maximum Gasteiger partial charge on any atom is 0.315 e. The Hall–Kier alpha value is -1.30. The zero-order valence-corrected chi connectivity index (χ0v) is 11.9. The van der Waals surface area contributed by atoms with Gasteiger partial charge < -0.3 is 20.3 Å². The van der Waals surface area contributed by atoms with Crippen LogP contribution in [0.15, 0.2) is 0 Å². The second-order valence-corrected chi connectivity index (χ2v) is 5.01. The molecule has 6 heteroatoms. The van der Waals surface area contributed by atoms with Crippen LogP contribution >= 0.6 is 0 Å². The molecule has 0 aromatic rings. The van der Waals surface area contributed by atoms with Crippen LogP contribution in [0.1, 0.15) is 32.1 Å². The van der Waals surface area contributed by atoms with Gasteiger partial charge in [0.1, 0.15) is 0 Å². The summed E-state index contributed by atoms with van der Waals surface area (Å²) in [4.78, 5) is 24.8. The molecule has 6 nitrogen and oxygen atoms in total. The number of ether oxygens (including phenoxy) is 1. The van der Waals surface area contributed by atoms with E-state index >= 15 is 0 Å². The quantitative estimate of drug-likeness (QED) is 0.552. The van der Waals surface area contributed by atoms with E-state index in [0.29, 0.717) is 13.0 Å². The summed E-state index contributed by atoms with van der Waals surface area (Å²) in [5.41, 5.74) is 0. The van der Waals surface area contributed by atoms with E-state index in [0.717, 1.165) is 38.8 Å². The Bertz CT molecular complexity index is 289. The molecule has 0 radical (unpaired) electrons. The standard InChI is InChI=1S/C13H25N3O3/c1-16-9-6-11(7-10-16)15-13(18)14-8-4-3-5-12(17)19-2/h11H,3-10H2,1-2H3,(H2,14,15,18). The highest BCUT2D eigenvalue weighted by Gasteiger charge is 2.17. The van der Waals surface area contributed by atoms with Gasteiger partial charge in [0.15, 0.2) is 0 Å². The fourth-order valence-corrected chi connectivity index (χ4v) is 2.09. The van der Waals surface area contributed by atoms with E-state index in [2.05, 4.69) is 27.3 Å². The second kappa shape index (κ2) is 8.74. The average molecular weight is 271 g/mol. The lowest BCUT2D eigenvalue weighted by Crippen LogP contribution is -2.47. The molecular weight excluding hydrogens is 246 g/mol. The van der Waals surface area contributed by atoms with E-state index in [9.17, 15) is 9.59 Å². The summed E-state index contributed by atoms with van der Waals surface area (Å²) < 4.78 is 4.54. The SMILES string of the molecule is COC(=O)CCCCNC(=O)NC1CCN(C)CC1. The molecule has 2 N–H and O–H groups in total. The molecule has 0 aliphatic carbocycles. The van der Waals surface area contributed by atoms with Gasteiger partial charge in [-0.05, 0) is 45.8 Å². The van der Waals surface area contributed by atoms with Gasteiger partial charge in [0.2, 0.25) is 0 Å². The van der Waals surface area contributed by atoms with E-state index in [1.807, 2.05) is 0 Å². The molecule has 2 amide bonds. The van der Waals surface area contributed by atoms with Crippen LogP contribution in [0.4, 0.5) is 4.79 Å². The number of carbonyl (C=O) groups excluding carboxylic acids is 2. The minimum absolute atomic E-state index is 0.104.